The zero-order valence-corrected chi connectivity index (χ0v) is 30.9. The van der Waals surface area contributed by atoms with Crippen molar-refractivity contribution in [1.82, 2.24) is 4.57 Å². The van der Waals surface area contributed by atoms with Gasteiger partial charge in [0.15, 0.2) is 34.4 Å². The van der Waals surface area contributed by atoms with Crippen LogP contribution in [0.5, 0.6) is 23.0 Å². The highest BCUT2D eigenvalue weighted by Gasteiger charge is 2.34. The minimum absolute atomic E-state index is 0.137. The summed E-state index contributed by atoms with van der Waals surface area (Å²) in [6.07, 6.45) is 1.75. The van der Waals surface area contributed by atoms with Gasteiger partial charge in [-0.1, -0.05) is 63.2 Å². The Balaban J connectivity index is 1.58. The zero-order valence-electron chi connectivity index (χ0n) is 28.5. The maximum absolute atomic E-state index is 14.3. The SMILES string of the molecule is CCOC(=O)C1=C(C)N=c2s/c(=C\c3cc(OC)c(OCc4ccc(C)cc4)cc3Br)c(=O)n2[C@@H]1c1ccc(OCC(=O)OC)c(OCC)c1. The fraction of sp³-hybridized carbons (Fsp3) is 0.297. The molecule has 0 fully saturated rings. The van der Waals surface area contributed by atoms with Gasteiger partial charge in [-0.25, -0.2) is 14.6 Å². The van der Waals surface area contributed by atoms with Crippen LogP contribution in [0.15, 0.2) is 80.1 Å². The molecule has 0 unspecified atom stereocenters. The Hall–Kier alpha value is -4.88. The van der Waals surface area contributed by atoms with Crippen LogP contribution >= 0.6 is 27.3 Å². The summed E-state index contributed by atoms with van der Waals surface area (Å²) in [5.74, 6) is 0.519. The Morgan fingerprint density at radius 1 is 0.920 bits per heavy atom. The molecule has 0 radical (unpaired) electrons. The molecule has 13 heteroatoms. The van der Waals surface area contributed by atoms with Crippen molar-refractivity contribution in [3.63, 3.8) is 0 Å². The summed E-state index contributed by atoms with van der Waals surface area (Å²) >= 11 is 4.84. The van der Waals surface area contributed by atoms with Crippen LogP contribution in [0.3, 0.4) is 0 Å². The lowest BCUT2D eigenvalue weighted by atomic mass is 9.95. The average molecular weight is 766 g/mol. The zero-order chi connectivity index (χ0) is 35.9. The molecular formula is C37H37BrN2O9S. The standard InChI is InChI=1S/C37H37BrN2O9S/c1-7-46-29-15-24(13-14-27(29)49-20-32(41)45-6)34-33(36(43)47-8-2)22(4)39-37-40(34)35(42)31(50-37)17-25-16-28(44-5)30(18-26(25)38)48-19-23-11-9-21(3)10-12-23/h9-18,34H,7-8,19-20H2,1-6H3/b31-17-/t34-/m1/s1. The number of benzene rings is 3. The van der Waals surface area contributed by atoms with E-state index in [2.05, 4.69) is 20.9 Å². The molecule has 3 aromatic carbocycles. The summed E-state index contributed by atoms with van der Waals surface area (Å²) < 4.78 is 35.9. The van der Waals surface area contributed by atoms with Crippen molar-refractivity contribution in [2.45, 2.75) is 40.3 Å². The highest BCUT2D eigenvalue weighted by molar-refractivity contribution is 9.10. The molecule has 0 saturated carbocycles. The van der Waals surface area contributed by atoms with Gasteiger partial charge in [-0.05, 0) is 74.7 Å². The van der Waals surface area contributed by atoms with E-state index in [-0.39, 0.29) is 24.3 Å². The van der Waals surface area contributed by atoms with Gasteiger partial charge in [0, 0.05) is 4.47 Å². The lowest BCUT2D eigenvalue weighted by Crippen LogP contribution is -2.40. The molecule has 1 aliphatic heterocycles. The van der Waals surface area contributed by atoms with E-state index in [0.29, 0.717) is 66.8 Å². The second-order valence-corrected chi connectivity index (χ2v) is 13.0. The number of carbonyl (C=O) groups excluding carboxylic acids is 2. The van der Waals surface area contributed by atoms with Crippen LogP contribution in [0.1, 0.15) is 49.1 Å². The number of rotatable bonds is 13. The van der Waals surface area contributed by atoms with Crippen molar-refractivity contribution < 1.29 is 38.0 Å². The van der Waals surface area contributed by atoms with E-state index < -0.39 is 18.0 Å². The van der Waals surface area contributed by atoms with Crippen LogP contribution in [0.25, 0.3) is 6.08 Å². The molecule has 5 rings (SSSR count). The second kappa shape index (κ2) is 16.2. The molecule has 262 valence electrons. The number of carbonyl (C=O) groups is 2. The number of nitrogens with zero attached hydrogens (tertiary/aromatic N) is 2. The van der Waals surface area contributed by atoms with Gasteiger partial charge < -0.3 is 28.4 Å². The molecule has 1 aromatic heterocycles. The quantitative estimate of drug-likeness (QED) is 0.165. The van der Waals surface area contributed by atoms with Gasteiger partial charge >= 0.3 is 11.9 Å². The van der Waals surface area contributed by atoms with E-state index in [1.807, 2.05) is 38.1 Å². The third-order valence-electron chi connectivity index (χ3n) is 7.76. The molecule has 11 nitrogen and oxygen atoms in total. The maximum atomic E-state index is 14.3. The van der Waals surface area contributed by atoms with Crippen LogP contribution < -0.4 is 33.8 Å². The number of hydrogen-bond acceptors (Lipinski definition) is 11. The Morgan fingerprint density at radius 2 is 1.66 bits per heavy atom. The smallest absolute Gasteiger partial charge is 0.343 e. The third kappa shape index (κ3) is 7.95. The van der Waals surface area contributed by atoms with Crippen LogP contribution in [0.2, 0.25) is 0 Å². The number of esters is 2. The summed E-state index contributed by atoms with van der Waals surface area (Å²) in [6.45, 7) is 7.73. The third-order valence-corrected chi connectivity index (χ3v) is 9.43. The van der Waals surface area contributed by atoms with E-state index in [0.717, 1.165) is 11.1 Å². The van der Waals surface area contributed by atoms with E-state index in [1.165, 1.54) is 23.0 Å². The average Bonchev–Trinajstić information content (AvgIpc) is 3.41. The van der Waals surface area contributed by atoms with E-state index in [9.17, 15) is 14.4 Å². The summed E-state index contributed by atoms with van der Waals surface area (Å²) in [5, 5.41) is 0. The van der Waals surface area contributed by atoms with Gasteiger partial charge in [0.05, 0.1) is 49.3 Å². The predicted molar refractivity (Wildman–Crippen MR) is 192 cm³/mol. The largest absolute Gasteiger partial charge is 0.493 e. The molecule has 4 aromatic rings. The summed E-state index contributed by atoms with van der Waals surface area (Å²) in [4.78, 5) is 44.5. The monoisotopic (exact) mass is 764 g/mol. The minimum Gasteiger partial charge on any atom is -0.493 e. The molecule has 1 atom stereocenters. The van der Waals surface area contributed by atoms with Crippen LogP contribution in [0.4, 0.5) is 0 Å². The fourth-order valence-corrected chi connectivity index (χ4v) is 6.78. The van der Waals surface area contributed by atoms with Crippen molar-refractivity contribution in [1.29, 1.82) is 0 Å². The van der Waals surface area contributed by atoms with Gasteiger partial charge in [0.2, 0.25) is 0 Å². The molecule has 0 saturated heterocycles. The fourth-order valence-electron chi connectivity index (χ4n) is 5.31. The van der Waals surface area contributed by atoms with Gasteiger partial charge in [0.25, 0.3) is 5.56 Å². The van der Waals surface area contributed by atoms with E-state index in [4.69, 9.17) is 28.4 Å². The van der Waals surface area contributed by atoms with Crippen molar-refractivity contribution in [2.75, 3.05) is 34.0 Å². The van der Waals surface area contributed by atoms with Crippen LogP contribution in [-0.2, 0) is 25.7 Å². The first-order chi connectivity index (χ1) is 24.1. The molecular weight excluding hydrogens is 728 g/mol. The molecule has 0 bridgehead atoms. The van der Waals surface area contributed by atoms with Gasteiger partial charge in [0.1, 0.15) is 6.61 Å². The Kier molecular flexibility index (Phi) is 11.8. The number of fused-ring (bicyclic) bond motifs is 1. The Morgan fingerprint density at radius 3 is 2.34 bits per heavy atom. The van der Waals surface area contributed by atoms with Crippen molar-refractivity contribution in [3.05, 3.63) is 112 Å². The normalized spacial score (nSPS) is 14.1. The molecule has 50 heavy (non-hydrogen) atoms. The number of methoxy groups -OCH3 is 2. The lowest BCUT2D eigenvalue weighted by molar-refractivity contribution is -0.143. The van der Waals surface area contributed by atoms with Gasteiger partial charge in [-0.2, -0.15) is 0 Å². The Labute approximate surface area is 301 Å². The molecule has 0 aliphatic carbocycles. The number of halogens is 1. The lowest BCUT2D eigenvalue weighted by Gasteiger charge is -2.25. The molecule has 0 N–H and O–H groups in total. The van der Waals surface area contributed by atoms with E-state index in [1.54, 1.807) is 57.4 Å². The second-order valence-electron chi connectivity index (χ2n) is 11.1. The predicted octanol–water partition coefficient (Wildman–Crippen LogP) is 5.41. The number of aryl methyl sites for hydroxylation is 1. The van der Waals surface area contributed by atoms with Crippen molar-refractivity contribution >= 4 is 45.3 Å². The van der Waals surface area contributed by atoms with Crippen molar-refractivity contribution in [3.8, 4) is 23.0 Å². The van der Waals surface area contributed by atoms with E-state index >= 15 is 0 Å². The number of hydrogen-bond donors (Lipinski definition) is 0. The number of thiazole rings is 1. The number of ether oxygens (including phenoxy) is 6. The minimum atomic E-state index is -0.892. The number of aromatic nitrogens is 1. The summed E-state index contributed by atoms with van der Waals surface area (Å²) in [5.41, 5.74) is 3.70. The first-order valence-electron chi connectivity index (χ1n) is 15.8. The highest BCUT2D eigenvalue weighted by Crippen LogP contribution is 2.37. The van der Waals surface area contributed by atoms with Crippen LogP contribution in [-0.4, -0.2) is 50.5 Å². The summed E-state index contributed by atoms with van der Waals surface area (Å²) in [7, 11) is 2.83. The highest BCUT2D eigenvalue weighted by atomic mass is 79.9. The Bertz CT molecular complexity index is 2120. The molecule has 0 spiro atoms. The molecule has 2 heterocycles. The van der Waals surface area contributed by atoms with Gasteiger partial charge in [-0.15, -0.1) is 0 Å². The molecule has 0 amide bonds. The number of allylic oxidation sites excluding steroid dienone is 1. The topological polar surface area (TPSA) is 124 Å². The van der Waals surface area contributed by atoms with Crippen LogP contribution in [0, 0.1) is 6.92 Å². The van der Waals surface area contributed by atoms with Gasteiger partial charge in [-0.3, -0.25) is 9.36 Å². The summed E-state index contributed by atoms with van der Waals surface area (Å²) in [6, 6.07) is 15.8. The molecule has 1 aliphatic rings. The maximum Gasteiger partial charge on any atom is 0.343 e. The first kappa shape index (κ1) is 36.4. The van der Waals surface area contributed by atoms with Crippen molar-refractivity contribution in [2.24, 2.45) is 4.99 Å². The first-order valence-corrected chi connectivity index (χ1v) is 17.4.